The molecular formula is C19H30N2O. The van der Waals surface area contributed by atoms with E-state index in [1.54, 1.807) is 7.11 Å². The molecule has 0 spiro atoms. The molecule has 2 aromatic rings. The summed E-state index contributed by atoms with van der Waals surface area (Å²) in [4.78, 5) is 7.00. The highest BCUT2D eigenvalue weighted by molar-refractivity contribution is 5.86. The van der Waals surface area contributed by atoms with Gasteiger partial charge in [-0.05, 0) is 50.2 Å². The van der Waals surface area contributed by atoms with Crippen molar-refractivity contribution >= 4 is 10.9 Å². The quantitative estimate of drug-likeness (QED) is 0.765. The molecule has 122 valence electrons. The molecule has 2 rings (SSSR count). The molecule has 22 heavy (non-hydrogen) atoms. The average Bonchev–Trinajstić information content (AvgIpc) is 2.57. The van der Waals surface area contributed by atoms with Gasteiger partial charge in [-0.3, -0.25) is 9.88 Å². The standard InChI is InChI=1S/C17H24N2O.C2H6/c1-5-11-19(6-2)12-14-9-10-18-17-13(3)16(20-4)8-7-15(14)17;1-2/h7-10H,5-6,11-12H2,1-4H3;1-2H3. The molecule has 1 aromatic heterocycles. The van der Waals surface area contributed by atoms with Gasteiger partial charge in [0.15, 0.2) is 0 Å². The summed E-state index contributed by atoms with van der Waals surface area (Å²) < 4.78 is 5.38. The number of ether oxygens (including phenoxy) is 1. The van der Waals surface area contributed by atoms with Crippen molar-refractivity contribution < 1.29 is 4.74 Å². The number of nitrogens with zero attached hydrogens (tertiary/aromatic N) is 2. The van der Waals surface area contributed by atoms with E-state index in [9.17, 15) is 0 Å². The molecule has 0 aliphatic rings. The zero-order valence-corrected chi connectivity index (χ0v) is 14.9. The first-order valence-electron chi connectivity index (χ1n) is 8.34. The first kappa shape index (κ1) is 18.4. The maximum atomic E-state index is 5.38. The summed E-state index contributed by atoms with van der Waals surface area (Å²) in [6.07, 6.45) is 3.09. The highest BCUT2D eigenvalue weighted by Crippen LogP contribution is 2.28. The van der Waals surface area contributed by atoms with Crippen LogP contribution in [0.1, 0.15) is 45.2 Å². The van der Waals surface area contributed by atoms with Crippen LogP contribution < -0.4 is 4.74 Å². The second-order valence-electron chi connectivity index (χ2n) is 5.13. The smallest absolute Gasteiger partial charge is 0.123 e. The number of benzene rings is 1. The number of hydrogen-bond acceptors (Lipinski definition) is 3. The lowest BCUT2D eigenvalue weighted by Gasteiger charge is -2.20. The average molecular weight is 302 g/mol. The monoisotopic (exact) mass is 302 g/mol. The summed E-state index contributed by atoms with van der Waals surface area (Å²) in [5.41, 5.74) is 3.51. The van der Waals surface area contributed by atoms with E-state index >= 15 is 0 Å². The van der Waals surface area contributed by atoms with Crippen molar-refractivity contribution in [2.75, 3.05) is 20.2 Å². The first-order valence-corrected chi connectivity index (χ1v) is 8.34. The molecule has 0 aliphatic carbocycles. The molecule has 1 heterocycles. The highest BCUT2D eigenvalue weighted by Gasteiger charge is 2.10. The molecule has 0 aliphatic heterocycles. The molecule has 0 radical (unpaired) electrons. The number of methoxy groups -OCH3 is 1. The summed E-state index contributed by atoms with van der Waals surface area (Å²) >= 11 is 0. The van der Waals surface area contributed by atoms with Crippen molar-refractivity contribution in [1.82, 2.24) is 9.88 Å². The van der Waals surface area contributed by atoms with Crippen molar-refractivity contribution in [3.8, 4) is 5.75 Å². The fourth-order valence-electron chi connectivity index (χ4n) is 2.66. The minimum atomic E-state index is 0.906. The molecule has 0 bridgehead atoms. The minimum Gasteiger partial charge on any atom is -0.496 e. The van der Waals surface area contributed by atoms with Gasteiger partial charge < -0.3 is 4.74 Å². The summed E-state index contributed by atoms with van der Waals surface area (Å²) in [6, 6.07) is 6.30. The highest BCUT2D eigenvalue weighted by atomic mass is 16.5. The number of aromatic nitrogens is 1. The number of pyridine rings is 1. The molecule has 0 atom stereocenters. The fraction of sp³-hybridized carbons (Fsp3) is 0.526. The summed E-state index contributed by atoms with van der Waals surface area (Å²) in [6.45, 7) is 13.7. The van der Waals surface area contributed by atoms with Gasteiger partial charge >= 0.3 is 0 Å². The molecule has 0 amide bonds. The van der Waals surface area contributed by atoms with E-state index in [0.29, 0.717) is 0 Å². The Balaban J connectivity index is 0.00000116. The van der Waals surface area contributed by atoms with Gasteiger partial charge in [-0.25, -0.2) is 0 Å². The lowest BCUT2D eigenvalue weighted by molar-refractivity contribution is 0.281. The number of fused-ring (bicyclic) bond motifs is 1. The largest absolute Gasteiger partial charge is 0.496 e. The first-order chi connectivity index (χ1) is 10.7. The Bertz CT molecular complexity index is 581. The Morgan fingerprint density at radius 3 is 2.45 bits per heavy atom. The van der Waals surface area contributed by atoms with Crippen LogP contribution in [0.5, 0.6) is 5.75 Å². The van der Waals surface area contributed by atoms with Gasteiger partial charge in [-0.15, -0.1) is 0 Å². The Labute approximate surface area is 135 Å². The van der Waals surface area contributed by atoms with Crippen molar-refractivity contribution in [1.29, 1.82) is 0 Å². The Kier molecular flexibility index (Phi) is 7.89. The molecule has 3 nitrogen and oxygen atoms in total. The third-order valence-corrected chi connectivity index (χ3v) is 3.81. The SMILES string of the molecule is CC.CCCN(CC)Cc1ccnc2c(C)c(OC)ccc12. The van der Waals surface area contributed by atoms with E-state index < -0.39 is 0 Å². The van der Waals surface area contributed by atoms with Crippen LogP contribution in [0, 0.1) is 6.92 Å². The lowest BCUT2D eigenvalue weighted by Crippen LogP contribution is -2.23. The normalized spacial score (nSPS) is 10.5. The van der Waals surface area contributed by atoms with Gasteiger partial charge in [-0.1, -0.05) is 27.7 Å². The van der Waals surface area contributed by atoms with Crippen molar-refractivity contribution in [2.45, 2.75) is 47.6 Å². The van der Waals surface area contributed by atoms with Gasteiger partial charge in [0.05, 0.1) is 12.6 Å². The zero-order valence-electron chi connectivity index (χ0n) is 14.9. The van der Waals surface area contributed by atoms with Crippen LogP contribution in [0.25, 0.3) is 10.9 Å². The Morgan fingerprint density at radius 1 is 1.14 bits per heavy atom. The van der Waals surface area contributed by atoms with Gasteiger partial charge in [0.25, 0.3) is 0 Å². The summed E-state index contributed by atoms with van der Waals surface area (Å²) in [7, 11) is 1.71. The Hall–Kier alpha value is -1.61. The molecular weight excluding hydrogens is 272 g/mol. The molecule has 0 N–H and O–H groups in total. The zero-order chi connectivity index (χ0) is 16.5. The van der Waals surface area contributed by atoms with E-state index in [4.69, 9.17) is 4.74 Å². The van der Waals surface area contributed by atoms with Crippen LogP contribution in [0.2, 0.25) is 0 Å². The third kappa shape index (κ3) is 4.20. The molecule has 1 aromatic carbocycles. The predicted octanol–water partition coefficient (Wildman–Crippen LogP) is 4.81. The molecule has 0 saturated heterocycles. The van der Waals surface area contributed by atoms with Gasteiger partial charge in [0.2, 0.25) is 0 Å². The molecule has 0 saturated carbocycles. The molecule has 0 unspecified atom stereocenters. The van der Waals surface area contributed by atoms with E-state index in [0.717, 1.165) is 36.5 Å². The van der Waals surface area contributed by atoms with Crippen LogP contribution in [-0.2, 0) is 6.54 Å². The molecule has 0 fully saturated rings. The van der Waals surface area contributed by atoms with E-state index in [2.05, 4.69) is 42.8 Å². The van der Waals surface area contributed by atoms with Gasteiger partial charge in [0, 0.05) is 23.7 Å². The summed E-state index contributed by atoms with van der Waals surface area (Å²) in [5.74, 6) is 0.906. The second kappa shape index (κ2) is 9.42. The lowest BCUT2D eigenvalue weighted by atomic mass is 10.0. The van der Waals surface area contributed by atoms with Crippen molar-refractivity contribution in [3.63, 3.8) is 0 Å². The number of aryl methyl sites for hydroxylation is 1. The fourth-order valence-corrected chi connectivity index (χ4v) is 2.66. The van der Waals surface area contributed by atoms with Crippen LogP contribution in [0.4, 0.5) is 0 Å². The van der Waals surface area contributed by atoms with Crippen LogP contribution in [-0.4, -0.2) is 30.1 Å². The maximum absolute atomic E-state index is 5.38. The van der Waals surface area contributed by atoms with Crippen LogP contribution in [0.15, 0.2) is 24.4 Å². The topological polar surface area (TPSA) is 25.4 Å². The third-order valence-electron chi connectivity index (χ3n) is 3.81. The maximum Gasteiger partial charge on any atom is 0.123 e. The van der Waals surface area contributed by atoms with Crippen molar-refractivity contribution in [3.05, 3.63) is 35.5 Å². The van der Waals surface area contributed by atoms with Crippen LogP contribution in [0.3, 0.4) is 0 Å². The van der Waals surface area contributed by atoms with Gasteiger partial charge in [0.1, 0.15) is 5.75 Å². The minimum absolute atomic E-state index is 0.906. The van der Waals surface area contributed by atoms with E-state index in [-0.39, 0.29) is 0 Å². The Morgan fingerprint density at radius 2 is 1.86 bits per heavy atom. The van der Waals surface area contributed by atoms with Crippen molar-refractivity contribution in [2.24, 2.45) is 0 Å². The second-order valence-corrected chi connectivity index (χ2v) is 5.13. The van der Waals surface area contributed by atoms with Gasteiger partial charge in [-0.2, -0.15) is 0 Å². The van der Waals surface area contributed by atoms with Crippen LogP contribution >= 0.6 is 0 Å². The molecule has 3 heteroatoms. The predicted molar refractivity (Wildman–Crippen MR) is 95.6 cm³/mol. The van der Waals surface area contributed by atoms with E-state index in [1.165, 1.54) is 17.4 Å². The van der Waals surface area contributed by atoms with E-state index in [1.807, 2.05) is 26.1 Å². The number of rotatable bonds is 6. The summed E-state index contributed by atoms with van der Waals surface area (Å²) in [5, 5.41) is 1.24. The number of hydrogen-bond donors (Lipinski definition) is 0.